The molecule has 0 aromatic heterocycles. The van der Waals surface area contributed by atoms with Crippen LogP contribution in [0.3, 0.4) is 0 Å². The van der Waals surface area contributed by atoms with Crippen molar-refractivity contribution in [2.75, 3.05) is 12.5 Å². The molecule has 1 atom stereocenters. The van der Waals surface area contributed by atoms with Crippen molar-refractivity contribution in [3.05, 3.63) is 41.4 Å². The van der Waals surface area contributed by atoms with Gasteiger partial charge in [0.15, 0.2) is 0 Å². The Bertz CT molecular complexity index is 471. The molecule has 1 rings (SSSR count). The van der Waals surface area contributed by atoms with E-state index in [0.29, 0.717) is 5.56 Å². The zero-order valence-electron chi connectivity index (χ0n) is 9.84. The number of alkyl halides is 1. The van der Waals surface area contributed by atoms with Gasteiger partial charge in [-0.15, -0.1) is 11.6 Å². The molecule has 1 N–H and O–H groups in total. The highest BCUT2D eigenvalue weighted by Gasteiger charge is 2.47. The molecular weight excluding hydrogens is 256 g/mol. The van der Waals surface area contributed by atoms with Crippen LogP contribution in [0.4, 0.5) is 0 Å². The molecule has 0 aliphatic carbocycles. The van der Waals surface area contributed by atoms with Gasteiger partial charge < -0.3 is 15.4 Å². The van der Waals surface area contributed by atoms with Gasteiger partial charge in [0.25, 0.3) is 0 Å². The molecular formula is C12H13ClN2O3. The summed E-state index contributed by atoms with van der Waals surface area (Å²) in [6.45, 7) is 1.71. The summed E-state index contributed by atoms with van der Waals surface area (Å²) in [5.74, 6) is -1.25. The number of esters is 1. The molecule has 0 fully saturated rings. The van der Waals surface area contributed by atoms with Crippen LogP contribution in [0, 0.1) is 0 Å². The van der Waals surface area contributed by atoms with Crippen LogP contribution in [0.25, 0.3) is 5.53 Å². The van der Waals surface area contributed by atoms with Gasteiger partial charge in [-0.2, -0.15) is 4.79 Å². The first kappa shape index (κ1) is 14.4. The second kappa shape index (κ2) is 6.31. The number of halogens is 1. The Hall–Kier alpha value is -1.68. The summed E-state index contributed by atoms with van der Waals surface area (Å²) in [6, 6.07) is 8.25. The van der Waals surface area contributed by atoms with Crippen molar-refractivity contribution in [3.8, 4) is 0 Å². The summed E-state index contributed by atoms with van der Waals surface area (Å²) in [7, 11) is 0. The summed E-state index contributed by atoms with van der Waals surface area (Å²) in [4.78, 5) is 14.5. The molecule has 0 saturated carbocycles. The first-order chi connectivity index (χ1) is 8.60. The maximum Gasteiger partial charge on any atom is 0.420 e. The Labute approximate surface area is 110 Å². The Kier molecular flexibility index (Phi) is 5.04. The highest BCUT2D eigenvalue weighted by Crippen LogP contribution is 2.24. The fraction of sp³-hybridized carbons (Fsp3) is 0.333. The maximum atomic E-state index is 11.6. The van der Waals surface area contributed by atoms with Crippen LogP contribution in [0.2, 0.25) is 0 Å². The van der Waals surface area contributed by atoms with Gasteiger partial charge >= 0.3 is 11.7 Å². The molecule has 18 heavy (non-hydrogen) atoms. The van der Waals surface area contributed by atoms with Crippen molar-refractivity contribution in [3.63, 3.8) is 0 Å². The molecule has 5 nitrogen and oxygen atoms in total. The van der Waals surface area contributed by atoms with E-state index < -0.39 is 17.3 Å². The van der Waals surface area contributed by atoms with Gasteiger partial charge in [0.2, 0.25) is 5.60 Å². The van der Waals surface area contributed by atoms with Crippen molar-refractivity contribution in [1.82, 2.24) is 0 Å². The predicted molar refractivity (Wildman–Crippen MR) is 66.3 cm³/mol. The number of aliphatic hydroxyl groups is 1. The quantitative estimate of drug-likeness (QED) is 0.288. The van der Waals surface area contributed by atoms with Crippen LogP contribution >= 0.6 is 11.6 Å². The number of rotatable bonds is 5. The maximum absolute atomic E-state index is 11.6. The Morgan fingerprint density at radius 1 is 1.50 bits per heavy atom. The molecule has 0 bridgehead atoms. The lowest BCUT2D eigenvalue weighted by Crippen LogP contribution is -2.44. The third kappa shape index (κ3) is 2.76. The van der Waals surface area contributed by atoms with Gasteiger partial charge in [0.1, 0.15) is 0 Å². The first-order valence-corrected chi connectivity index (χ1v) is 5.87. The lowest BCUT2D eigenvalue weighted by Gasteiger charge is -2.20. The number of hydrogen-bond acceptors (Lipinski definition) is 3. The van der Waals surface area contributed by atoms with Gasteiger partial charge in [-0.3, -0.25) is 0 Å². The van der Waals surface area contributed by atoms with Crippen molar-refractivity contribution in [1.29, 1.82) is 0 Å². The van der Waals surface area contributed by atoms with Crippen molar-refractivity contribution >= 4 is 23.3 Å². The summed E-state index contributed by atoms with van der Waals surface area (Å²) < 4.78 is 4.72. The molecule has 96 valence electrons. The monoisotopic (exact) mass is 268 g/mol. The number of nitrogens with zero attached hydrogens (tertiary/aromatic N) is 2. The molecule has 0 saturated heterocycles. The topological polar surface area (TPSA) is 82.9 Å². The highest BCUT2D eigenvalue weighted by molar-refractivity contribution is 6.39. The smallest absolute Gasteiger partial charge is 0.420 e. The predicted octanol–water partition coefficient (Wildman–Crippen LogP) is 1.35. The van der Waals surface area contributed by atoms with Gasteiger partial charge in [-0.05, 0) is 12.5 Å². The minimum absolute atomic E-state index is 0.102. The number of hydrogen-bond donors (Lipinski definition) is 1. The van der Waals surface area contributed by atoms with Crippen LogP contribution in [-0.2, 0) is 15.1 Å². The second-order valence-electron chi connectivity index (χ2n) is 3.53. The fourth-order valence-electron chi connectivity index (χ4n) is 1.48. The molecule has 0 aliphatic rings. The van der Waals surface area contributed by atoms with Crippen LogP contribution in [-0.4, -0.2) is 34.1 Å². The minimum Gasteiger partial charge on any atom is -0.457 e. The average Bonchev–Trinajstić information content (AvgIpc) is 2.40. The number of carbonyl (C=O) groups is 1. The molecule has 0 radical (unpaired) electrons. The van der Waals surface area contributed by atoms with Crippen LogP contribution in [0.1, 0.15) is 12.5 Å². The summed E-state index contributed by atoms with van der Waals surface area (Å²) in [5.41, 5.74) is 6.85. The molecule has 0 aliphatic heterocycles. The van der Waals surface area contributed by atoms with Crippen LogP contribution in [0.5, 0.6) is 0 Å². The van der Waals surface area contributed by atoms with Crippen molar-refractivity contribution < 1.29 is 19.4 Å². The van der Waals surface area contributed by atoms with E-state index >= 15 is 0 Å². The summed E-state index contributed by atoms with van der Waals surface area (Å²) in [6.07, 6.45) is 0. The average molecular weight is 269 g/mol. The van der Waals surface area contributed by atoms with Crippen LogP contribution in [0.15, 0.2) is 30.3 Å². The number of ether oxygens (including phenoxy) is 1. The van der Waals surface area contributed by atoms with E-state index in [2.05, 4.69) is 4.79 Å². The van der Waals surface area contributed by atoms with E-state index in [9.17, 15) is 9.90 Å². The number of benzene rings is 1. The molecule has 0 amide bonds. The SMILES string of the molecule is CCOC(=O)C(=[N+]=[N-])C(O)(CCl)c1ccccc1. The standard InChI is InChI=1S/C12H13ClN2O3/c1-2-18-11(16)10(15-14)12(17,8-13)9-6-4-3-5-7-9/h3-7,17H,2,8H2,1H3. The van der Waals surface area contributed by atoms with Crippen LogP contribution < -0.4 is 0 Å². The summed E-state index contributed by atoms with van der Waals surface area (Å²) in [5, 5.41) is 10.4. The second-order valence-corrected chi connectivity index (χ2v) is 3.80. The first-order valence-electron chi connectivity index (χ1n) is 5.33. The summed E-state index contributed by atoms with van der Waals surface area (Å²) >= 11 is 5.71. The zero-order valence-corrected chi connectivity index (χ0v) is 10.6. The van der Waals surface area contributed by atoms with E-state index in [1.54, 1.807) is 37.3 Å². The molecule has 1 unspecified atom stereocenters. The van der Waals surface area contributed by atoms with E-state index in [1.807, 2.05) is 0 Å². The third-order valence-corrected chi connectivity index (χ3v) is 2.79. The van der Waals surface area contributed by atoms with E-state index in [0.717, 1.165) is 0 Å². The van der Waals surface area contributed by atoms with Gasteiger partial charge in [-0.25, -0.2) is 4.79 Å². The normalized spacial score (nSPS) is 13.3. The molecule has 0 heterocycles. The van der Waals surface area contributed by atoms with Crippen molar-refractivity contribution in [2.45, 2.75) is 12.5 Å². The Morgan fingerprint density at radius 2 is 2.11 bits per heavy atom. The molecule has 1 aromatic rings. The van der Waals surface area contributed by atoms with Gasteiger partial charge in [0, 0.05) is 0 Å². The third-order valence-electron chi connectivity index (χ3n) is 2.41. The molecule has 1 aromatic carbocycles. The lowest BCUT2D eigenvalue weighted by atomic mass is 9.90. The Balaban J connectivity index is 3.23. The van der Waals surface area contributed by atoms with E-state index in [-0.39, 0.29) is 12.5 Å². The van der Waals surface area contributed by atoms with E-state index in [1.165, 1.54) is 0 Å². The minimum atomic E-state index is -1.89. The van der Waals surface area contributed by atoms with Crippen molar-refractivity contribution in [2.24, 2.45) is 0 Å². The molecule has 0 spiro atoms. The number of carbonyl (C=O) groups excluding carboxylic acids is 1. The Morgan fingerprint density at radius 3 is 2.56 bits per heavy atom. The fourth-order valence-corrected chi connectivity index (χ4v) is 1.76. The van der Waals surface area contributed by atoms with Gasteiger partial charge in [-0.1, -0.05) is 30.3 Å². The highest BCUT2D eigenvalue weighted by atomic mass is 35.5. The molecule has 6 heteroatoms. The van der Waals surface area contributed by atoms with E-state index in [4.69, 9.17) is 21.9 Å². The lowest BCUT2D eigenvalue weighted by molar-refractivity contribution is -0.143. The zero-order chi connectivity index (χ0) is 13.6. The largest absolute Gasteiger partial charge is 0.457 e. The van der Waals surface area contributed by atoms with Gasteiger partial charge in [0.05, 0.1) is 12.5 Å².